The number of benzene rings is 1. The first-order valence-corrected chi connectivity index (χ1v) is 7.04. The normalized spacial score (nSPS) is 11.6. The molecule has 2 rings (SSSR count). The molecule has 0 radical (unpaired) electrons. The summed E-state index contributed by atoms with van der Waals surface area (Å²) in [6.07, 6.45) is -3.05. The average Bonchev–Trinajstić information content (AvgIpc) is 2.88. The van der Waals surface area contributed by atoms with Gasteiger partial charge in [0, 0.05) is 11.3 Å². The van der Waals surface area contributed by atoms with E-state index in [1.807, 2.05) is 6.92 Å². The lowest BCUT2D eigenvalue weighted by atomic mass is 10.1. The Kier molecular flexibility index (Phi) is 4.28. The first-order valence-electron chi connectivity index (χ1n) is 6.22. The Morgan fingerprint density at radius 2 is 1.75 bits per heavy atom. The van der Waals surface area contributed by atoms with Gasteiger partial charge in [0.1, 0.15) is 0 Å². The molecule has 0 aliphatic heterocycles. The van der Waals surface area contributed by atoms with Crippen molar-refractivity contribution >= 4 is 17.1 Å². The number of rotatable bonds is 4. The van der Waals surface area contributed by atoms with Gasteiger partial charge >= 0.3 is 6.18 Å². The van der Waals surface area contributed by atoms with Gasteiger partial charge in [-0.05, 0) is 36.2 Å². The van der Waals surface area contributed by atoms with E-state index < -0.39 is 11.7 Å². The Hall–Kier alpha value is -1.62. The summed E-state index contributed by atoms with van der Waals surface area (Å²) in [5.74, 6) is 0.0793. The number of thiophene rings is 1. The number of hydrogen-bond acceptors (Lipinski definition) is 2. The third-order valence-electron chi connectivity index (χ3n) is 2.85. The van der Waals surface area contributed by atoms with Crippen LogP contribution in [-0.2, 0) is 6.18 Å². The molecule has 0 unspecified atom stereocenters. The Balaban J connectivity index is 2.22. The molecule has 0 atom stereocenters. The van der Waals surface area contributed by atoms with Gasteiger partial charge in [-0.15, -0.1) is 11.3 Å². The highest BCUT2D eigenvalue weighted by molar-refractivity contribution is 7.17. The zero-order valence-electron chi connectivity index (χ0n) is 10.8. The molecule has 0 fully saturated rings. The fourth-order valence-electron chi connectivity index (χ4n) is 1.82. The van der Waals surface area contributed by atoms with E-state index in [9.17, 15) is 18.0 Å². The minimum atomic E-state index is -4.32. The van der Waals surface area contributed by atoms with Crippen molar-refractivity contribution in [1.29, 1.82) is 0 Å². The lowest BCUT2D eigenvalue weighted by molar-refractivity contribution is -0.137. The van der Waals surface area contributed by atoms with E-state index in [1.165, 1.54) is 23.5 Å². The topological polar surface area (TPSA) is 17.1 Å². The monoisotopic (exact) mass is 298 g/mol. The largest absolute Gasteiger partial charge is 0.416 e. The number of ketones is 1. The van der Waals surface area contributed by atoms with E-state index in [-0.39, 0.29) is 5.78 Å². The van der Waals surface area contributed by atoms with Crippen LogP contribution in [0.1, 0.15) is 35.0 Å². The van der Waals surface area contributed by atoms with Gasteiger partial charge in [-0.2, -0.15) is 13.2 Å². The van der Waals surface area contributed by atoms with Gasteiger partial charge in [0.2, 0.25) is 0 Å². The summed E-state index contributed by atoms with van der Waals surface area (Å²) in [4.78, 5) is 13.2. The maximum absolute atomic E-state index is 12.5. The molecule has 2 aromatic rings. The van der Waals surface area contributed by atoms with Crippen molar-refractivity contribution in [3.05, 3.63) is 46.8 Å². The van der Waals surface area contributed by atoms with E-state index in [4.69, 9.17) is 0 Å². The minimum Gasteiger partial charge on any atom is -0.293 e. The van der Waals surface area contributed by atoms with Crippen LogP contribution in [0, 0.1) is 0 Å². The van der Waals surface area contributed by atoms with Crippen molar-refractivity contribution in [3.8, 4) is 10.4 Å². The van der Waals surface area contributed by atoms with Crippen LogP contribution in [0.3, 0.4) is 0 Å². The standard InChI is InChI=1S/C15H13F3OS/c1-2-3-12(19)14-9-8-13(20-14)10-4-6-11(7-5-10)15(16,17)18/h4-9H,2-3H2,1H3. The molecule has 5 heteroatoms. The van der Waals surface area contributed by atoms with Crippen LogP contribution in [0.25, 0.3) is 10.4 Å². The molecule has 0 aliphatic rings. The van der Waals surface area contributed by atoms with Crippen molar-refractivity contribution in [2.24, 2.45) is 0 Å². The van der Waals surface area contributed by atoms with Crippen LogP contribution in [0.15, 0.2) is 36.4 Å². The molecule has 0 bridgehead atoms. The zero-order valence-corrected chi connectivity index (χ0v) is 11.6. The molecule has 0 aliphatic carbocycles. The van der Waals surface area contributed by atoms with E-state index in [1.54, 1.807) is 12.1 Å². The van der Waals surface area contributed by atoms with Gasteiger partial charge in [0.15, 0.2) is 5.78 Å². The summed E-state index contributed by atoms with van der Waals surface area (Å²) in [6.45, 7) is 1.93. The number of halogens is 3. The second-order valence-corrected chi connectivity index (χ2v) is 5.50. The maximum Gasteiger partial charge on any atom is 0.416 e. The molecular formula is C15H13F3OS. The predicted molar refractivity (Wildman–Crippen MR) is 74.0 cm³/mol. The highest BCUT2D eigenvalue weighted by atomic mass is 32.1. The Labute approximate surface area is 119 Å². The van der Waals surface area contributed by atoms with Crippen LogP contribution in [0.5, 0.6) is 0 Å². The lowest BCUT2D eigenvalue weighted by Gasteiger charge is -2.06. The second kappa shape index (κ2) is 5.79. The highest BCUT2D eigenvalue weighted by Gasteiger charge is 2.30. The number of hydrogen-bond donors (Lipinski definition) is 0. The molecule has 0 spiro atoms. The molecule has 20 heavy (non-hydrogen) atoms. The minimum absolute atomic E-state index is 0.0793. The van der Waals surface area contributed by atoms with Crippen LogP contribution in [0.4, 0.5) is 13.2 Å². The van der Waals surface area contributed by atoms with Gasteiger partial charge in [0.25, 0.3) is 0 Å². The second-order valence-electron chi connectivity index (χ2n) is 4.41. The number of alkyl halides is 3. The molecule has 1 heterocycles. The van der Waals surface area contributed by atoms with Crippen LogP contribution < -0.4 is 0 Å². The first kappa shape index (κ1) is 14.8. The van der Waals surface area contributed by atoms with Crippen LogP contribution in [0.2, 0.25) is 0 Å². The quantitative estimate of drug-likeness (QED) is 0.689. The average molecular weight is 298 g/mol. The SMILES string of the molecule is CCCC(=O)c1ccc(-c2ccc(C(F)(F)F)cc2)s1. The van der Waals surface area contributed by atoms with E-state index in [0.717, 1.165) is 23.4 Å². The smallest absolute Gasteiger partial charge is 0.293 e. The van der Waals surface area contributed by atoms with Crippen molar-refractivity contribution in [2.45, 2.75) is 25.9 Å². The Bertz CT molecular complexity index is 596. The Morgan fingerprint density at radius 1 is 1.10 bits per heavy atom. The van der Waals surface area contributed by atoms with Crippen molar-refractivity contribution in [3.63, 3.8) is 0 Å². The van der Waals surface area contributed by atoms with Gasteiger partial charge < -0.3 is 0 Å². The van der Waals surface area contributed by atoms with Crippen molar-refractivity contribution < 1.29 is 18.0 Å². The summed E-state index contributed by atoms with van der Waals surface area (Å²) in [5, 5.41) is 0. The molecule has 0 amide bonds. The maximum atomic E-state index is 12.5. The van der Waals surface area contributed by atoms with Gasteiger partial charge in [0.05, 0.1) is 10.4 Å². The Morgan fingerprint density at radius 3 is 2.30 bits per heavy atom. The van der Waals surface area contributed by atoms with E-state index in [0.29, 0.717) is 16.9 Å². The number of carbonyl (C=O) groups is 1. The summed E-state index contributed by atoms with van der Waals surface area (Å²) in [5.41, 5.74) is 0.0265. The van der Waals surface area contributed by atoms with E-state index in [2.05, 4.69) is 0 Å². The molecule has 1 aromatic heterocycles. The van der Waals surface area contributed by atoms with E-state index >= 15 is 0 Å². The van der Waals surface area contributed by atoms with Gasteiger partial charge in [-0.25, -0.2) is 0 Å². The first-order chi connectivity index (χ1) is 9.41. The number of carbonyl (C=O) groups excluding carboxylic acids is 1. The summed E-state index contributed by atoms with van der Waals surface area (Å²) >= 11 is 1.32. The predicted octanol–water partition coefficient (Wildman–Crippen LogP) is 5.42. The van der Waals surface area contributed by atoms with Crippen LogP contribution >= 0.6 is 11.3 Å². The van der Waals surface area contributed by atoms with Crippen LogP contribution in [-0.4, -0.2) is 5.78 Å². The van der Waals surface area contributed by atoms with Crippen molar-refractivity contribution in [1.82, 2.24) is 0 Å². The summed E-state index contributed by atoms with van der Waals surface area (Å²) in [7, 11) is 0. The van der Waals surface area contributed by atoms with Crippen molar-refractivity contribution in [2.75, 3.05) is 0 Å². The third-order valence-corrected chi connectivity index (χ3v) is 4.03. The molecular weight excluding hydrogens is 285 g/mol. The summed E-state index contributed by atoms with van der Waals surface area (Å²) in [6, 6.07) is 8.49. The molecule has 0 N–H and O–H groups in total. The van der Waals surface area contributed by atoms with Gasteiger partial charge in [-0.1, -0.05) is 19.1 Å². The number of Topliss-reactive ketones (excluding diaryl/α,β-unsaturated/α-hetero) is 1. The molecule has 0 saturated carbocycles. The van der Waals surface area contributed by atoms with Gasteiger partial charge in [-0.3, -0.25) is 4.79 Å². The molecule has 1 nitrogen and oxygen atoms in total. The molecule has 0 saturated heterocycles. The lowest BCUT2D eigenvalue weighted by Crippen LogP contribution is -2.03. The summed E-state index contributed by atoms with van der Waals surface area (Å²) < 4.78 is 37.4. The third kappa shape index (κ3) is 3.28. The highest BCUT2D eigenvalue weighted by Crippen LogP contribution is 2.33. The molecule has 1 aromatic carbocycles. The zero-order chi connectivity index (χ0) is 14.8. The molecule has 106 valence electrons. The fraction of sp³-hybridized carbons (Fsp3) is 0.267. The fourth-order valence-corrected chi connectivity index (χ4v) is 2.80.